The number of carbonyl (C=O) groups is 2. The molecule has 2 atom stereocenters. The lowest BCUT2D eigenvalue weighted by Crippen LogP contribution is -2.52. The fraction of sp³-hybridized carbons (Fsp3) is 0.562. The minimum absolute atomic E-state index is 0.00697. The Morgan fingerprint density at radius 2 is 2.15 bits per heavy atom. The third-order valence-corrected chi connectivity index (χ3v) is 4.91. The van der Waals surface area contributed by atoms with Crippen molar-refractivity contribution in [3.05, 3.63) is 22.3 Å². The van der Waals surface area contributed by atoms with Crippen LogP contribution in [0.5, 0.6) is 0 Å². The molecule has 26 heavy (non-hydrogen) atoms. The highest BCUT2D eigenvalue weighted by atomic mass is 32.1. The van der Waals surface area contributed by atoms with Crippen molar-refractivity contribution in [3.8, 4) is 0 Å². The van der Waals surface area contributed by atoms with Gasteiger partial charge in [-0.15, -0.1) is 5.10 Å². The van der Waals surface area contributed by atoms with E-state index in [-0.39, 0.29) is 23.3 Å². The van der Waals surface area contributed by atoms with E-state index >= 15 is 0 Å². The van der Waals surface area contributed by atoms with Crippen molar-refractivity contribution < 1.29 is 9.59 Å². The highest BCUT2D eigenvalue weighted by Gasteiger charge is 2.29. The number of hydrogen-bond acceptors (Lipinski definition) is 7. The molecule has 1 fully saturated rings. The molecule has 1 aliphatic heterocycles. The fourth-order valence-corrected chi connectivity index (χ4v) is 3.21. The molecule has 1 saturated heterocycles. The standard InChI is InChI=1S/C16H23N7O2S/c1-8-6-12(24)19-15(17-8)23-11(7-10(21-23)16(3,4)5)18-14(25)13-9(2)20-22-26-13/h7-8,15,17H,6H2,1-5H3,(H,18,25)(H,19,24). The molecular formula is C16H23N7O2S. The van der Waals surface area contributed by atoms with Gasteiger partial charge in [0.25, 0.3) is 5.91 Å². The molecule has 0 aromatic carbocycles. The zero-order valence-corrected chi connectivity index (χ0v) is 16.3. The molecule has 0 bridgehead atoms. The predicted octanol–water partition coefficient (Wildman–Crippen LogP) is 1.55. The number of nitrogens with zero attached hydrogens (tertiary/aromatic N) is 4. The first-order chi connectivity index (χ1) is 12.1. The van der Waals surface area contributed by atoms with Crippen molar-refractivity contribution in [2.45, 2.75) is 58.8 Å². The first-order valence-corrected chi connectivity index (χ1v) is 9.18. The Labute approximate surface area is 155 Å². The maximum absolute atomic E-state index is 12.6. The van der Waals surface area contributed by atoms with E-state index in [0.717, 1.165) is 17.2 Å². The van der Waals surface area contributed by atoms with Crippen LogP contribution in [0.2, 0.25) is 0 Å². The van der Waals surface area contributed by atoms with E-state index in [1.54, 1.807) is 11.6 Å². The zero-order chi connectivity index (χ0) is 19.1. The average molecular weight is 377 g/mol. The third-order valence-electron chi connectivity index (χ3n) is 4.08. The Bertz CT molecular complexity index is 836. The summed E-state index contributed by atoms with van der Waals surface area (Å²) >= 11 is 1.04. The van der Waals surface area contributed by atoms with Gasteiger partial charge >= 0.3 is 0 Å². The van der Waals surface area contributed by atoms with Gasteiger partial charge in [-0.1, -0.05) is 25.3 Å². The number of amides is 2. The first-order valence-electron chi connectivity index (χ1n) is 8.41. The largest absolute Gasteiger partial charge is 0.322 e. The van der Waals surface area contributed by atoms with Gasteiger partial charge < -0.3 is 10.6 Å². The number of carbonyl (C=O) groups excluding carboxylic acids is 2. The average Bonchev–Trinajstić information content (AvgIpc) is 3.12. The van der Waals surface area contributed by atoms with E-state index in [9.17, 15) is 9.59 Å². The Hall–Kier alpha value is -2.33. The Kier molecular flexibility index (Phi) is 4.80. The van der Waals surface area contributed by atoms with E-state index in [0.29, 0.717) is 22.8 Å². The molecule has 2 aromatic rings. The molecular weight excluding hydrogens is 354 g/mol. The van der Waals surface area contributed by atoms with Gasteiger partial charge in [-0.05, 0) is 25.4 Å². The van der Waals surface area contributed by atoms with Crippen molar-refractivity contribution in [2.75, 3.05) is 5.32 Å². The maximum Gasteiger partial charge on any atom is 0.270 e. The molecule has 9 nitrogen and oxygen atoms in total. The van der Waals surface area contributed by atoms with Crippen LogP contribution in [0.1, 0.15) is 61.5 Å². The predicted molar refractivity (Wildman–Crippen MR) is 97.9 cm³/mol. The number of aromatic nitrogens is 4. The van der Waals surface area contributed by atoms with Gasteiger partial charge in [0.1, 0.15) is 10.7 Å². The summed E-state index contributed by atoms with van der Waals surface area (Å²) < 4.78 is 5.41. The lowest BCUT2D eigenvalue weighted by Gasteiger charge is -2.30. The van der Waals surface area contributed by atoms with Crippen LogP contribution in [0.3, 0.4) is 0 Å². The van der Waals surface area contributed by atoms with Crippen LogP contribution in [0.4, 0.5) is 5.82 Å². The Morgan fingerprint density at radius 1 is 1.42 bits per heavy atom. The second-order valence-corrected chi connectivity index (χ2v) is 8.25. The summed E-state index contributed by atoms with van der Waals surface area (Å²) in [5.41, 5.74) is 1.17. The summed E-state index contributed by atoms with van der Waals surface area (Å²) in [4.78, 5) is 25.0. The van der Waals surface area contributed by atoms with E-state index < -0.39 is 6.29 Å². The molecule has 3 heterocycles. The SMILES string of the molecule is Cc1nnsc1C(=O)Nc1cc(C(C)(C)C)nn1C1NC(=O)CC(C)N1. The monoisotopic (exact) mass is 377 g/mol. The minimum Gasteiger partial charge on any atom is -0.322 e. The van der Waals surface area contributed by atoms with Gasteiger partial charge in [-0.25, -0.2) is 4.68 Å². The van der Waals surface area contributed by atoms with Gasteiger partial charge in [0, 0.05) is 23.9 Å². The van der Waals surface area contributed by atoms with Crippen LogP contribution in [-0.2, 0) is 10.2 Å². The molecule has 0 aliphatic carbocycles. The molecule has 0 spiro atoms. The number of rotatable bonds is 3. The molecule has 1 aliphatic rings. The smallest absolute Gasteiger partial charge is 0.270 e. The second kappa shape index (κ2) is 6.76. The van der Waals surface area contributed by atoms with Crippen molar-refractivity contribution in [3.63, 3.8) is 0 Å². The van der Waals surface area contributed by atoms with Gasteiger partial charge in [-0.3, -0.25) is 14.9 Å². The summed E-state index contributed by atoms with van der Waals surface area (Å²) in [6, 6.07) is 1.84. The molecule has 0 saturated carbocycles. The van der Waals surface area contributed by atoms with E-state index in [2.05, 4.69) is 30.6 Å². The van der Waals surface area contributed by atoms with Gasteiger partial charge in [0.05, 0.1) is 11.4 Å². The lowest BCUT2D eigenvalue weighted by atomic mass is 9.92. The molecule has 0 radical (unpaired) electrons. The summed E-state index contributed by atoms with van der Waals surface area (Å²) in [6.45, 7) is 9.79. The summed E-state index contributed by atoms with van der Waals surface area (Å²) in [5, 5.41) is 17.5. The highest BCUT2D eigenvalue weighted by Crippen LogP contribution is 2.26. The van der Waals surface area contributed by atoms with Crippen LogP contribution in [0.15, 0.2) is 6.07 Å². The highest BCUT2D eigenvalue weighted by molar-refractivity contribution is 7.08. The second-order valence-electron chi connectivity index (χ2n) is 7.49. The van der Waals surface area contributed by atoms with Gasteiger partial charge in [-0.2, -0.15) is 5.10 Å². The molecule has 10 heteroatoms. The van der Waals surface area contributed by atoms with Crippen molar-refractivity contribution in [1.82, 2.24) is 30.0 Å². The number of nitrogens with one attached hydrogen (secondary N) is 3. The van der Waals surface area contributed by atoms with Gasteiger partial charge in [0.15, 0.2) is 6.29 Å². The van der Waals surface area contributed by atoms with Crippen LogP contribution < -0.4 is 16.0 Å². The lowest BCUT2D eigenvalue weighted by molar-refractivity contribution is -0.125. The number of anilines is 1. The normalized spacial score (nSPS) is 20.7. The van der Waals surface area contributed by atoms with E-state index in [1.807, 2.05) is 33.8 Å². The summed E-state index contributed by atoms with van der Waals surface area (Å²) in [6.07, 6.45) is -0.129. The quantitative estimate of drug-likeness (QED) is 0.748. The molecule has 140 valence electrons. The molecule has 3 rings (SSSR count). The number of hydrogen-bond donors (Lipinski definition) is 3. The fourth-order valence-electron chi connectivity index (χ4n) is 2.66. The van der Waals surface area contributed by atoms with E-state index in [1.165, 1.54) is 0 Å². The van der Waals surface area contributed by atoms with Crippen LogP contribution in [0, 0.1) is 6.92 Å². The van der Waals surface area contributed by atoms with Gasteiger partial charge in [0.2, 0.25) is 5.91 Å². The van der Waals surface area contributed by atoms with Crippen LogP contribution >= 0.6 is 11.5 Å². The molecule has 2 unspecified atom stereocenters. The molecule has 2 aromatic heterocycles. The molecule has 3 N–H and O–H groups in total. The Morgan fingerprint density at radius 3 is 2.73 bits per heavy atom. The van der Waals surface area contributed by atoms with Crippen molar-refractivity contribution >= 4 is 29.2 Å². The zero-order valence-electron chi connectivity index (χ0n) is 15.5. The first kappa shape index (κ1) is 18.5. The summed E-state index contributed by atoms with van der Waals surface area (Å²) in [7, 11) is 0. The number of aryl methyl sites for hydroxylation is 1. The van der Waals surface area contributed by atoms with Crippen LogP contribution in [0.25, 0.3) is 0 Å². The van der Waals surface area contributed by atoms with Crippen molar-refractivity contribution in [2.24, 2.45) is 0 Å². The Balaban J connectivity index is 1.95. The van der Waals surface area contributed by atoms with Crippen LogP contribution in [-0.4, -0.2) is 37.2 Å². The van der Waals surface area contributed by atoms with Crippen molar-refractivity contribution in [1.29, 1.82) is 0 Å². The minimum atomic E-state index is -0.529. The summed E-state index contributed by atoms with van der Waals surface area (Å²) in [5.74, 6) is 0.141. The maximum atomic E-state index is 12.6. The van der Waals surface area contributed by atoms with E-state index in [4.69, 9.17) is 0 Å². The third kappa shape index (κ3) is 3.75. The molecule has 2 amide bonds. The topological polar surface area (TPSA) is 114 Å².